The summed E-state index contributed by atoms with van der Waals surface area (Å²) in [6.45, 7) is 3.83. The van der Waals surface area contributed by atoms with Crippen LogP contribution in [0.3, 0.4) is 0 Å². The Kier molecular flexibility index (Phi) is 4.31. The fourth-order valence-corrected chi connectivity index (χ4v) is 3.73. The van der Waals surface area contributed by atoms with Gasteiger partial charge in [0.05, 0.1) is 5.69 Å². The number of rotatable bonds is 3. The fraction of sp³-hybridized carbons (Fsp3) is 0.500. The summed E-state index contributed by atoms with van der Waals surface area (Å²) < 4.78 is 5.53. The Hall–Kier alpha value is -1.66. The van der Waals surface area contributed by atoms with Crippen molar-refractivity contribution in [3.63, 3.8) is 0 Å². The topological polar surface area (TPSA) is 81.2 Å². The number of nitrogens with two attached hydrogens (primary N) is 1. The van der Waals surface area contributed by atoms with Crippen molar-refractivity contribution in [2.45, 2.75) is 45.6 Å². The van der Waals surface area contributed by atoms with Gasteiger partial charge in [-0.1, -0.05) is 6.42 Å². The third-order valence-corrected chi connectivity index (χ3v) is 4.89. The number of thiazole rings is 1. The van der Waals surface area contributed by atoms with Crippen LogP contribution in [-0.4, -0.2) is 16.9 Å². The maximum absolute atomic E-state index is 12.3. The lowest BCUT2D eigenvalue weighted by atomic mass is 9.86. The van der Waals surface area contributed by atoms with Gasteiger partial charge in [0.25, 0.3) is 0 Å². The summed E-state index contributed by atoms with van der Waals surface area (Å²) in [6.07, 6.45) is 3.72. The van der Waals surface area contributed by atoms with Crippen molar-refractivity contribution in [3.8, 4) is 11.3 Å². The second-order valence-electron chi connectivity index (χ2n) is 5.98. The van der Waals surface area contributed by atoms with Gasteiger partial charge in [0.1, 0.15) is 11.5 Å². The molecule has 1 aliphatic rings. The molecule has 2 aromatic heterocycles. The Morgan fingerprint density at radius 1 is 1.45 bits per heavy atom. The van der Waals surface area contributed by atoms with Crippen molar-refractivity contribution in [3.05, 3.63) is 23.0 Å². The molecule has 118 valence electrons. The smallest absolute Gasteiger partial charge is 0.229 e. The predicted molar refractivity (Wildman–Crippen MR) is 87.9 cm³/mol. The minimum absolute atomic E-state index is 0.00834. The number of aromatic nitrogens is 1. The van der Waals surface area contributed by atoms with Gasteiger partial charge in [0.15, 0.2) is 5.13 Å². The van der Waals surface area contributed by atoms with Crippen molar-refractivity contribution < 1.29 is 9.21 Å². The van der Waals surface area contributed by atoms with Gasteiger partial charge in [-0.25, -0.2) is 4.98 Å². The highest BCUT2D eigenvalue weighted by Crippen LogP contribution is 2.30. The molecule has 1 amide bonds. The zero-order chi connectivity index (χ0) is 15.7. The molecular formula is C16H21N3O2S. The number of nitrogens with zero attached hydrogens (tertiary/aromatic N) is 1. The second kappa shape index (κ2) is 6.22. The van der Waals surface area contributed by atoms with Crippen LogP contribution in [0.2, 0.25) is 0 Å². The van der Waals surface area contributed by atoms with Gasteiger partial charge in [0.2, 0.25) is 5.91 Å². The van der Waals surface area contributed by atoms with Crippen molar-refractivity contribution in [2.75, 3.05) is 5.32 Å². The summed E-state index contributed by atoms with van der Waals surface area (Å²) in [5, 5.41) is 5.51. The summed E-state index contributed by atoms with van der Waals surface area (Å²) >= 11 is 1.44. The number of amides is 1. The molecular weight excluding hydrogens is 298 g/mol. The number of nitrogens with one attached hydrogen (secondary N) is 1. The van der Waals surface area contributed by atoms with Crippen LogP contribution in [0.4, 0.5) is 5.13 Å². The monoisotopic (exact) mass is 319 g/mol. The first kappa shape index (κ1) is 15.2. The Balaban J connectivity index is 1.69. The molecule has 3 rings (SSSR count). The van der Waals surface area contributed by atoms with Crippen LogP contribution in [0.1, 0.15) is 37.2 Å². The van der Waals surface area contributed by atoms with Crippen molar-refractivity contribution >= 4 is 22.4 Å². The SMILES string of the molecule is Cc1cc(-c2csc(NC(=O)C3CCCC(N)C3)n2)c(C)o1. The number of carbonyl (C=O) groups is 1. The average Bonchev–Trinajstić information content (AvgIpc) is 3.05. The maximum Gasteiger partial charge on any atom is 0.229 e. The summed E-state index contributed by atoms with van der Waals surface area (Å²) in [7, 11) is 0. The zero-order valence-corrected chi connectivity index (χ0v) is 13.7. The first-order chi connectivity index (χ1) is 10.5. The van der Waals surface area contributed by atoms with Crippen LogP contribution in [-0.2, 0) is 4.79 Å². The molecule has 0 saturated heterocycles. The van der Waals surface area contributed by atoms with Crippen LogP contribution < -0.4 is 11.1 Å². The van der Waals surface area contributed by atoms with E-state index in [1.807, 2.05) is 25.3 Å². The first-order valence-corrected chi connectivity index (χ1v) is 8.50. The van der Waals surface area contributed by atoms with E-state index in [0.717, 1.165) is 48.5 Å². The van der Waals surface area contributed by atoms with Crippen LogP contribution in [0.5, 0.6) is 0 Å². The average molecular weight is 319 g/mol. The van der Waals surface area contributed by atoms with Gasteiger partial charge in [-0.3, -0.25) is 4.79 Å². The van der Waals surface area contributed by atoms with Gasteiger partial charge in [-0.05, 0) is 39.2 Å². The molecule has 5 nitrogen and oxygen atoms in total. The second-order valence-corrected chi connectivity index (χ2v) is 6.84. The number of aryl methyl sites for hydroxylation is 2. The highest BCUT2D eigenvalue weighted by molar-refractivity contribution is 7.14. The van der Waals surface area contributed by atoms with Gasteiger partial charge < -0.3 is 15.5 Å². The molecule has 3 N–H and O–H groups in total. The standard InChI is InChI=1S/C16H21N3O2S/c1-9-6-13(10(2)21-9)14-8-22-16(18-14)19-15(20)11-4-3-5-12(17)7-11/h6,8,11-12H,3-5,7,17H2,1-2H3,(H,18,19,20). The lowest BCUT2D eigenvalue weighted by molar-refractivity contribution is -0.120. The molecule has 0 spiro atoms. The predicted octanol–water partition coefficient (Wildman–Crippen LogP) is 3.48. The Morgan fingerprint density at radius 2 is 2.27 bits per heavy atom. The molecule has 1 fully saturated rings. The highest BCUT2D eigenvalue weighted by Gasteiger charge is 2.26. The maximum atomic E-state index is 12.3. The van der Waals surface area contributed by atoms with Crippen LogP contribution in [0.15, 0.2) is 15.9 Å². The lowest BCUT2D eigenvalue weighted by Crippen LogP contribution is -2.34. The largest absolute Gasteiger partial charge is 0.466 e. The van der Waals surface area contributed by atoms with E-state index in [4.69, 9.17) is 10.2 Å². The summed E-state index contributed by atoms with van der Waals surface area (Å²) in [6, 6.07) is 2.11. The summed E-state index contributed by atoms with van der Waals surface area (Å²) in [5.41, 5.74) is 7.78. The molecule has 2 atom stereocenters. The minimum Gasteiger partial charge on any atom is -0.466 e. The van der Waals surface area contributed by atoms with Gasteiger partial charge in [-0.15, -0.1) is 11.3 Å². The van der Waals surface area contributed by atoms with E-state index in [0.29, 0.717) is 5.13 Å². The third kappa shape index (κ3) is 3.23. The Bertz CT molecular complexity index is 677. The van der Waals surface area contributed by atoms with E-state index < -0.39 is 0 Å². The normalized spacial score (nSPS) is 21.8. The molecule has 0 aromatic carbocycles. The van der Waals surface area contributed by atoms with E-state index in [9.17, 15) is 4.79 Å². The molecule has 1 saturated carbocycles. The molecule has 2 unspecified atom stereocenters. The molecule has 0 radical (unpaired) electrons. The molecule has 2 heterocycles. The molecule has 1 aliphatic carbocycles. The van der Waals surface area contributed by atoms with Crippen LogP contribution >= 0.6 is 11.3 Å². The quantitative estimate of drug-likeness (QED) is 0.907. The van der Waals surface area contributed by atoms with Crippen molar-refractivity contribution in [2.24, 2.45) is 11.7 Å². The van der Waals surface area contributed by atoms with Crippen LogP contribution in [0.25, 0.3) is 11.3 Å². The van der Waals surface area contributed by atoms with E-state index in [2.05, 4.69) is 10.3 Å². The van der Waals surface area contributed by atoms with E-state index in [1.165, 1.54) is 11.3 Å². The molecule has 6 heteroatoms. The summed E-state index contributed by atoms with van der Waals surface area (Å²) in [4.78, 5) is 16.8. The lowest BCUT2D eigenvalue weighted by Gasteiger charge is -2.25. The van der Waals surface area contributed by atoms with Crippen molar-refractivity contribution in [1.82, 2.24) is 4.98 Å². The fourth-order valence-electron chi connectivity index (χ4n) is 3.01. The van der Waals surface area contributed by atoms with Crippen LogP contribution in [0, 0.1) is 19.8 Å². The van der Waals surface area contributed by atoms with E-state index in [1.54, 1.807) is 0 Å². The zero-order valence-electron chi connectivity index (χ0n) is 12.9. The highest BCUT2D eigenvalue weighted by atomic mass is 32.1. The number of carbonyl (C=O) groups excluding carboxylic acids is 1. The molecule has 2 aromatic rings. The molecule has 0 aliphatic heterocycles. The Labute approximate surface area is 133 Å². The molecule has 22 heavy (non-hydrogen) atoms. The number of hydrogen-bond donors (Lipinski definition) is 2. The molecule has 0 bridgehead atoms. The van der Waals surface area contributed by atoms with Gasteiger partial charge >= 0.3 is 0 Å². The third-order valence-electron chi connectivity index (χ3n) is 4.14. The number of anilines is 1. The number of hydrogen-bond acceptors (Lipinski definition) is 5. The summed E-state index contributed by atoms with van der Waals surface area (Å²) in [5.74, 6) is 1.76. The van der Waals surface area contributed by atoms with Gasteiger partial charge in [-0.2, -0.15) is 0 Å². The van der Waals surface area contributed by atoms with Crippen molar-refractivity contribution in [1.29, 1.82) is 0 Å². The number of furan rings is 1. The Morgan fingerprint density at radius 3 is 2.95 bits per heavy atom. The first-order valence-electron chi connectivity index (χ1n) is 7.62. The van der Waals surface area contributed by atoms with Gasteiger partial charge in [0, 0.05) is 22.9 Å². The minimum atomic E-state index is 0.00834. The van der Waals surface area contributed by atoms with E-state index >= 15 is 0 Å². The van der Waals surface area contributed by atoms with E-state index in [-0.39, 0.29) is 17.9 Å².